The first-order valence-electron chi connectivity index (χ1n) is 10.7. The summed E-state index contributed by atoms with van der Waals surface area (Å²) in [5, 5.41) is 3.93. The van der Waals surface area contributed by atoms with Crippen molar-refractivity contribution in [3.63, 3.8) is 0 Å². The summed E-state index contributed by atoms with van der Waals surface area (Å²) in [7, 11) is 0. The lowest BCUT2D eigenvalue weighted by molar-refractivity contribution is -0.150. The number of hydrogen-bond donors (Lipinski definition) is 1. The topological polar surface area (TPSA) is 71.5 Å². The molecular weight excluding hydrogens is 410 g/mol. The Hall–Kier alpha value is -2.77. The number of ether oxygens (including phenoxy) is 1. The molecule has 0 spiro atoms. The lowest BCUT2D eigenvalue weighted by Crippen LogP contribution is -2.43. The summed E-state index contributed by atoms with van der Waals surface area (Å²) in [6.45, 7) is 5.95. The standard InChI is InChI=1S/C24H27N3O3S/c1-3-30-24(29)18-5-4-12-27(14-18)15-22(28)25-19-9-7-17(8-10-19)23-26-20-11-6-16(2)13-21(20)31-23/h6-11,13,18H,3-5,12,14-15H2,1-2H3,(H,25,28)/t18-/m1/s1. The molecule has 2 aromatic carbocycles. The molecule has 31 heavy (non-hydrogen) atoms. The number of aryl methyl sites for hydroxylation is 1. The number of amides is 1. The number of nitrogens with zero attached hydrogens (tertiary/aromatic N) is 2. The van der Waals surface area contributed by atoms with Crippen molar-refractivity contribution in [2.45, 2.75) is 26.7 Å². The molecule has 4 rings (SSSR count). The van der Waals surface area contributed by atoms with E-state index in [0.29, 0.717) is 13.2 Å². The average Bonchev–Trinajstić information content (AvgIpc) is 3.17. The van der Waals surface area contributed by atoms with Gasteiger partial charge in [0.2, 0.25) is 5.91 Å². The van der Waals surface area contributed by atoms with Crippen molar-refractivity contribution in [2.75, 3.05) is 31.6 Å². The number of hydrogen-bond acceptors (Lipinski definition) is 6. The van der Waals surface area contributed by atoms with Gasteiger partial charge in [0, 0.05) is 17.8 Å². The molecule has 1 fully saturated rings. The number of fused-ring (bicyclic) bond motifs is 1. The highest BCUT2D eigenvalue weighted by Crippen LogP contribution is 2.31. The predicted molar refractivity (Wildman–Crippen MR) is 124 cm³/mol. The Balaban J connectivity index is 1.35. The Bertz CT molecular complexity index is 1080. The molecule has 0 aliphatic carbocycles. The van der Waals surface area contributed by atoms with Gasteiger partial charge in [-0.3, -0.25) is 14.5 Å². The van der Waals surface area contributed by atoms with Crippen LogP contribution in [0.15, 0.2) is 42.5 Å². The zero-order chi connectivity index (χ0) is 21.8. The van der Waals surface area contributed by atoms with Crippen molar-refractivity contribution in [1.29, 1.82) is 0 Å². The fraction of sp³-hybridized carbons (Fsp3) is 0.375. The number of carbonyl (C=O) groups excluding carboxylic acids is 2. The van der Waals surface area contributed by atoms with Crippen molar-refractivity contribution < 1.29 is 14.3 Å². The van der Waals surface area contributed by atoms with Crippen molar-refractivity contribution in [3.8, 4) is 10.6 Å². The molecule has 1 aliphatic rings. The first kappa shape index (κ1) is 21.5. The summed E-state index contributed by atoms with van der Waals surface area (Å²) >= 11 is 1.67. The Kier molecular flexibility index (Phi) is 6.63. The number of aromatic nitrogens is 1. The van der Waals surface area contributed by atoms with Gasteiger partial charge in [0.25, 0.3) is 0 Å². The third-order valence-corrected chi connectivity index (χ3v) is 6.52. The molecule has 7 heteroatoms. The van der Waals surface area contributed by atoms with Gasteiger partial charge in [-0.2, -0.15) is 0 Å². The lowest BCUT2D eigenvalue weighted by Gasteiger charge is -2.30. The quantitative estimate of drug-likeness (QED) is 0.576. The minimum Gasteiger partial charge on any atom is -0.466 e. The molecule has 0 saturated carbocycles. The maximum atomic E-state index is 12.5. The van der Waals surface area contributed by atoms with Crippen molar-refractivity contribution >= 4 is 39.1 Å². The minimum absolute atomic E-state index is 0.0762. The minimum atomic E-state index is -0.159. The smallest absolute Gasteiger partial charge is 0.310 e. The maximum Gasteiger partial charge on any atom is 0.310 e. The van der Waals surface area contributed by atoms with Crippen LogP contribution in [0.25, 0.3) is 20.8 Å². The van der Waals surface area contributed by atoms with Crippen LogP contribution in [0.4, 0.5) is 5.69 Å². The number of nitrogens with one attached hydrogen (secondary N) is 1. The van der Waals surface area contributed by atoms with Crippen LogP contribution in [0, 0.1) is 12.8 Å². The van der Waals surface area contributed by atoms with E-state index >= 15 is 0 Å². The van der Waals surface area contributed by atoms with Crippen molar-refractivity contribution in [3.05, 3.63) is 48.0 Å². The van der Waals surface area contributed by atoms with E-state index in [2.05, 4.69) is 24.4 Å². The van der Waals surface area contributed by atoms with Gasteiger partial charge in [0.05, 0.1) is 29.3 Å². The van der Waals surface area contributed by atoms with Crippen molar-refractivity contribution in [1.82, 2.24) is 9.88 Å². The Morgan fingerprint density at radius 3 is 2.81 bits per heavy atom. The summed E-state index contributed by atoms with van der Waals surface area (Å²) in [6, 6.07) is 14.0. The van der Waals surface area contributed by atoms with Gasteiger partial charge in [0.1, 0.15) is 5.01 Å². The summed E-state index contributed by atoms with van der Waals surface area (Å²) in [6.07, 6.45) is 1.72. The van der Waals surface area contributed by atoms with E-state index in [1.54, 1.807) is 11.3 Å². The molecule has 6 nitrogen and oxygen atoms in total. The number of esters is 1. The molecule has 1 aliphatic heterocycles. The second kappa shape index (κ2) is 9.58. The van der Waals surface area contributed by atoms with Crippen LogP contribution in [0.1, 0.15) is 25.3 Å². The second-order valence-corrected chi connectivity index (χ2v) is 8.97. The van der Waals surface area contributed by atoms with E-state index in [1.165, 1.54) is 10.3 Å². The van der Waals surface area contributed by atoms with E-state index in [9.17, 15) is 9.59 Å². The van der Waals surface area contributed by atoms with Crippen molar-refractivity contribution in [2.24, 2.45) is 5.92 Å². The predicted octanol–water partition coefficient (Wildman–Crippen LogP) is 4.49. The van der Waals surface area contributed by atoms with E-state index in [1.807, 2.05) is 42.2 Å². The maximum absolute atomic E-state index is 12.5. The van der Waals surface area contributed by atoms with Crippen LogP contribution in [0.2, 0.25) is 0 Å². The first-order chi connectivity index (χ1) is 15.0. The number of anilines is 1. The molecule has 0 unspecified atom stereocenters. The molecule has 1 amide bonds. The molecule has 1 atom stereocenters. The molecule has 1 saturated heterocycles. The SMILES string of the molecule is CCOC(=O)[C@@H]1CCCN(CC(=O)Nc2ccc(-c3nc4ccc(C)cc4s3)cc2)C1. The normalized spacial score (nSPS) is 16.9. The van der Waals surface area contributed by atoms with Gasteiger partial charge in [-0.05, 0) is 75.2 Å². The van der Waals surface area contributed by atoms with Crippen LogP contribution in [-0.2, 0) is 14.3 Å². The van der Waals surface area contributed by atoms with Crippen LogP contribution in [0.5, 0.6) is 0 Å². The van der Waals surface area contributed by atoms with Gasteiger partial charge in [-0.15, -0.1) is 11.3 Å². The number of thiazole rings is 1. The van der Waals surface area contributed by atoms with Gasteiger partial charge in [-0.25, -0.2) is 4.98 Å². The molecule has 0 radical (unpaired) electrons. The molecule has 1 aromatic heterocycles. The molecule has 0 bridgehead atoms. The van der Waals surface area contributed by atoms with E-state index in [0.717, 1.165) is 41.2 Å². The Morgan fingerprint density at radius 1 is 1.23 bits per heavy atom. The Labute approximate surface area is 186 Å². The summed E-state index contributed by atoms with van der Waals surface area (Å²) < 4.78 is 6.31. The monoisotopic (exact) mass is 437 g/mol. The average molecular weight is 438 g/mol. The molecule has 1 N–H and O–H groups in total. The molecular formula is C24H27N3O3S. The first-order valence-corrected chi connectivity index (χ1v) is 11.5. The molecule has 2 heterocycles. The van der Waals surface area contributed by atoms with Crippen LogP contribution < -0.4 is 5.32 Å². The largest absolute Gasteiger partial charge is 0.466 e. The lowest BCUT2D eigenvalue weighted by atomic mass is 9.98. The number of rotatable bonds is 6. The third kappa shape index (κ3) is 5.29. The van der Waals surface area contributed by atoms with E-state index < -0.39 is 0 Å². The highest BCUT2D eigenvalue weighted by Gasteiger charge is 2.27. The number of likely N-dealkylation sites (tertiary alicyclic amines) is 1. The molecule has 3 aromatic rings. The van der Waals surface area contributed by atoms with Gasteiger partial charge in [-0.1, -0.05) is 6.07 Å². The molecule has 162 valence electrons. The fourth-order valence-corrected chi connectivity index (χ4v) is 4.98. The van der Waals surface area contributed by atoms with Crippen LogP contribution in [0.3, 0.4) is 0 Å². The summed E-state index contributed by atoms with van der Waals surface area (Å²) in [5.74, 6) is -0.376. The van der Waals surface area contributed by atoms with Crippen LogP contribution >= 0.6 is 11.3 Å². The fourth-order valence-electron chi connectivity index (χ4n) is 3.91. The number of carbonyl (C=O) groups is 2. The highest BCUT2D eigenvalue weighted by atomic mass is 32.1. The van der Waals surface area contributed by atoms with Gasteiger partial charge < -0.3 is 10.1 Å². The van der Waals surface area contributed by atoms with E-state index in [4.69, 9.17) is 9.72 Å². The summed E-state index contributed by atoms with van der Waals surface area (Å²) in [4.78, 5) is 31.2. The number of piperidine rings is 1. The van der Waals surface area contributed by atoms with E-state index in [-0.39, 0.29) is 24.3 Å². The number of benzene rings is 2. The second-order valence-electron chi connectivity index (χ2n) is 7.94. The Morgan fingerprint density at radius 2 is 2.03 bits per heavy atom. The van der Waals surface area contributed by atoms with Gasteiger partial charge >= 0.3 is 5.97 Å². The highest BCUT2D eigenvalue weighted by molar-refractivity contribution is 7.21. The van der Waals surface area contributed by atoms with Gasteiger partial charge in [0.15, 0.2) is 0 Å². The summed E-state index contributed by atoms with van der Waals surface area (Å²) in [5.41, 5.74) is 4.02. The zero-order valence-corrected chi connectivity index (χ0v) is 18.7. The van der Waals surface area contributed by atoms with Crippen LogP contribution in [-0.4, -0.2) is 48.0 Å². The third-order valence-electron chi connectivity index (χ3n) is 5.45. The zero-order valence-electron chi connectivity index (χ0n) is 17.9.